The second kappa shape index (κ2) is 7.16. The number of likely N-dealkylation sites (tertiary alicyclic amines) is 1. The molecule has 1 aromatic rings. The maximum Gasteiger partial charge on any atom is 0.0604 e. The van der Waals surface area contributed by atoms with Crippen LogP contribution in [0.25, 0.3) is 0 Å². The summed E-state index contributed by atoms with van der Waals surface area (Å²) in [7, 11) is 2.58. The lowest BCUT2D eigenvalue weighted by Gasteiger charge is -2.47. The average molecular weight is 321 g/mol. The number of para-hydroxylation sites is 2. The Balaban J connectivity index is 1.55. The monoisotopic (exact) mass is 321 g/mol. The summed E-state index contributed by atoms with van der Waals surface area (Å²) in [5.74, 6) is 0. The molecule has 2 fully saturated rings. The van der Waals surface area contributed by atoms with E-state index < -0.39 is 0 Å². The zero-order chi connectivity index (χ0) is 15.4. The van der Waals surface area contributed by atoms with E-state index in [1.54, 1.807) is 0 Å². The summed E-state index contributed by atoms with van der Waals surface area (Å²) in [4.78, 5) is 2.69. The first-order valence-corrected chi connectivity index (χ1v) is 8.94. The Bertz CT molecular complexity index is 483. The van der Waals surface area contributed by atoms with Gasteiger partial charge in [-0.05, 0) is 54.1 Å². The number of piperidine rings is 1. The third kappa shape index (κ3) is 3.56. The lowest BCUT2D eigenvalue weighted by atomic mass is 9.87. The number of nitrogens with one attached hydrogen (secondary N) is 2. The van der Waals surface area contributed by atoms with Crippen molar-refractivity contribution >= 4 is 20.8 Å². The lowest BCUT2D eigenvalue weighted by molar-refractivity contribution is -0.0273. The van der Waals surface area contributed by atoms with Crippen LogP contribution < -0.4 is 10.4 Å². The second-order valence-electron chi connectivity index (χ2n) is 6.70. The molecule has 2 aliphatic heterocycles. The molecule has 3 rings (SSSR count). The molecule has 0 spiro atoms. The van der Waals surface area contributed by atoms with Crippen LogP contribution in [0, 0.1) is 0 Å². The zero-order valence-corrected chi connectivity index (χ0v) is 14.6. The van der Waals surface area contributed by atoms with Gasteiger partial charge < -0.3 is 15.1 Å². The largest absolute Gasteiger partial charge is 0.381 e. The van der Waals surface area contributed by atoms with Crippen LogP contribution in [0.4, 0.5) is 11.4 Å². The van der Waals surface area contributed by atoms with Gasteiger partial charge in [0.05, 0.1) is 11.4 Å². The minimum absolute atomic E-state index is 0.350. The summed E-state index contributed by atoms with van der Waals surface area (Å²) in [5.41, 5.74) is 2.70. The van der Waals surface area contributed by atoms with E-state index in [4.69, 9.17) is 4.74 Å². The standard InChI is InChI=1S/C17H28N3OP/c1-17(8-12-21-13-9-17)20-10-6-14(7-11-20)18-15-4-2-3-5-16(15)19-22/h2-5,14,18-19H,6-13,22H2,1H3. The van der Waals surface area contributed by atoms with Crippen LogP contribution in [0.1, 0.15) is 32.6 Å². The van der Waals surface area contributed by atoms with Crippen molar-refractivity contribution in [3.05, 3.63) is 24.3 Å². The zero-order valence-electron chi connectivity index (χ0n) is 13.5. The summed E-state index contributed by atoms with van der Waals surface area (Å²) < 4.78 is 5.53. The SMILES string of the molecule is CC1(N2CCC(Nc3ccccc3NP)CC2)CCOCC1. The van der Waals surface area contributed by atoms with Crippen molar-refractivity contribution in [1.29, 1.82) is 0 Å². The van der Waals surface area contributed by atoms with Crippen molar-refractivity contribution in [3.8, 4) is 0 Å². The molecule has 2 aliphatic rings. The topological polar surface area (TPSA) is 36.5 Å². The van der Waals surface area contributed by atoms with Gasteiger partial charge in [0.2, 0.25) is 0 Å². The first-order valence-electron chi connectivity index (χ1n) is 8.36. The predicted molar refractivity (Wildman–Crippen MR) is 96.5 cm³/mol. The summed E-state index contributed by atoms with van der Waals surface area (Å²) in [6, 6.07) is 8.98. The highest BCUT2D eigenvalue weighted by molar-refractivity contribution is 7.18. The summed E-state index contributed by atoms with van der Waals surface area (Å²) in [6.07, 6.45) is 4.76. The van der Waals surface area contributed by atoms with Crippen LogP contribution in [0.5, 0.6) is 0 Å². The maximum absolute atomic E-state index is 5.53. The molecule has 0 aromatic heterocycles. The van der Waals surface area contributed by atoms with Gasteiger partial charge in [0.1, 0.15) is 0 Å². The van der Waals surface area contributed by atoms with Gasteiger partial charge in [0.15, 0.2) is 0 Å². The number of hydrogen-bond acceptors (Lipinski definition) is 4. The molecule has 2 N–H and O–H groups in total. The molecular weight excluding hydrogens is 293 g/mol. The summed E-state index contributed by atoms with van der Waals surface area (Å²) in [5, 5.41) is 6.89. The van der Waals surface area contributed by atoms with Crippen LogP contribution in [-0.4, -0.2) is 42.8 Å². The van der Waals surface area contributed by atoms with Gasteiger partial charge >= 0.3 is 0 Å². The molecule has 5 heteroatoms. The fraction of sp³-hybridized carbons (Fsp3) is 0.647. The number of rotatable bonds is 4. The number of ether oxygens (including phenoxy) is 1. The van der Waals surface area contributed by atoms with Gasteiger partial charge in [-0.2, -0.15) is 0 Å². The van der Waals surface area contributed by atoms with Crippen LogP contribution in [0.15, 0.2) is 24.3 Å². The van der Waals surface area contributed by atoms with Gasteiger partial charge in [-0.1, -0.05) is 12.1 Å². The van der Waals surface area contributed by atoms with Crippen LogP contribution >= 0.6 is 9.39 Å². The molecule has 1 aromatic carbocycles. The van der Waals surface area contributed by atoms with Gasteiger partial charge in [-0.3, -0.25) is 4.90 Å². The van der Waals surface area contributed by atoms with Gasteiger partial charge in [-0.25, -0.2) is 0 Å². The van der Waals surface area contributed by atoms with E-state index in [1.165, 1.54) is 44.5 Å². The molecule has 0 bridgehead atoms. The molecule has 1 unspecified atom stereocenters. The molecule has 22 heavy (non-hydrogen) atoms. The highest BCUT2D eigenvalue weighted by Crippen LogP contribution is 2.31. The van der Waals surface area contributed by atoms with Crippen molar-refractivity contribution < 1.29 is 4.74 Å². The third-order valence-corrected chi connectivity index (χ3v) is 5.58. The minimum Gasteiger partial charge on any atom is -0.381 e. The first kappa shape index (κ1) is 16.0. The molecule has 0 saturated carbocycles. The van der Waals surface area contributed by atoms with Crippen molar-refractivity contribution in [2.45, 2.75) is 44.2 Å². The van der Waals surface area contributed by atoms with Gasteiger partial charge in [0, 0.05) is 37.9 Å². The molecule has 0 aliphatic carbocycles. The second-order valence-corrected chi connectivity index (χ2v) is 6.99. The quantitative estimate of drug-likeness (QED) is 0.834. The minimum atomic E-state index is 0.350. The smallest absolute Gasteiger partial charge is 0.0604 e. The Hall–Kier alpha value is -0.830. The molecule has 2 heterocycles. The Morgan fingerprint density at radius 3 is 2.41 bits per heavy atom. The third-order valence-electron chi connectivity index (χ3n) is 5.27. The van der Waals surface area contributed by atoms with Crippen molar-refractivity contribution in [2.24, 2.45) is 0 Å². The maximum atomic E-state index is 5.53. The normalized spacial score (nSPS) is 23.2. The van der Waals surface area contributed by atoms with Crippen LogP contribution in [0.3, 0.4) is 0 Å². The van der Waals surface area contributed by atoms with Gasteiger partial charge in [0.25, 0.3) is 0 Å². The van der Waals surface area contributed by atoms with Crippen LogP contribution in [0.2, 0.25) is 0 Å². The number of nitrogens with zero attached hydrogens (tertiary/aromatic N) is 1. The van der Waals surface area contributed by atoms with Crippen molar-refractivity contribution in [3.63, 3.8) is 0 Å². The lowest BCUT2D eigenvalue weighted by Crippen LogP contribution is -2.54. The van der Waals surface area contributed by atoms with E-state index in [0.717, 1.165) is 18.9 Å². The number of anilines is 2. The fourth-order valence-electron chi connectivity index (χ4n) is 3.65. The van der Waals surface area contributed by atoms with Crippen molar-refractivity contribution in [2.75, 3.05) is 36.7 Å². The fourth-order valence-corrected chi connectivity index (χ4v) is 3.90. The Morgan fingerprint density at radius 2 is 1.77 bits per heavy atom. The molecule has 2 saturated heterocycles. The van der Waals surface area contributed by atoms with Crippen LogP contribution in [-0.2, 0) is 4.74 Å². The first-order chi connectivity index (χ1) is 10.7. The Kier molecular flexibility index (Phi) is 5.22. The number of benzene rings is 1. The predicted octanol–water partition coefficient (Wildman–Crippen LogP) is 3.33. The molecule has 0 radical (unpaired) electrons. The summed E-state index contributed by atoms with van der Waals surface area (Å²) in [6.45, 7) is 6.62. The highest BCUT2D eigenvalue weighted by Gasteiger charge is 2.35. The van der Waals surface area contributed by atoms with E-state index in [-0.39, 0.29) is 0 Å². The van der Waals surface area contributed by atoms with E-state index in [0.29, 0.717) is 11.6 Å². The van der Waals surface area contributed by atoms with E-state index in [9.17, 15) is 0 Å². The van der Waals surface area contributed by atoms with Gasteiger partial charge in [-0.15, -0.1) is 0 Å². The molecule has 0 amide bonds. The highest BCUT2D eigenvalue weighted by atomic mass is 31.0. The molecular formula is C17H28N3OP. The average Bonchev–Trinajstić information content (AvgIpc) is 2.57. The molecule has 4 nitrogen and oxygen atoms in total. The van der Waals surface area contributed by atoms with E-state index in [1.807, 2.05) is 0 Å². The summed E-state index contributed by atoms with van der Waals surface area (Å²) >= 11 is 0. The Morgan fingerprint density at radius 1 is 1.14 bits per heavy atom. The Labute approximate surface area is 136 Å². The number of hydrogen-bond donors (Lipinski definition) is 2. The molecule has 1 atom stereocenters. The van der Waals surface area contributed by atoms with Crippen molar-refractivity contribution in [1.82, 2.24) is 4.90 Å². The van der Waals surface area contributed by atoms with E-state index in [2.05, 4.69) is 55.9 Å². The van der Waals surface area contributed by atoms with E-state index >= 15 is 0 Å². The molecule has 122 valence electrons.